The number of hydrogen-bond acceptors (Lipinski definition) is 6. The van der Waals surface area contributed by atoms with Crippen molar-refractivity contribution in [3.05, 3.63) is 46.6 Å². The fourth-order valence-corrected chi connectivity index (χ4v) is 3.50. The van der Waals surface area contributed by atoms with Crippen LogP contribution in [0.4, 0.5) is 22.4 Å². The number of carbonyl (C=O) groups excluding carboxylic acids is 2. The predicted molar refractivity (Wildman–Crippen MR) is 110 cm³/mol. The van der Waals surface area contributed by atoms with E-state index in [9.17, 15) is 37.1 Å². The van der Waals surface area contributed by atoms with Gasteiger partial charge in [-0.1, -0.05) is 16.8 Å². The summed E-state index contributed by atoms with van der Waals surface area (Å²) >= 11 is 5.57. The van der Waals surface area contributed by atoms with Gasteiger partial charge in [0.1, 0.15) is 23.3 Å². The number of hydrogen-bond donors (Lipinski definition) is 3. The molecule has 1 aliphatic rings. The molecule has 0 unspecified atom stereocenters. The Morgan fingerprint density at radius 2 is 2.00 bits per heavy atom. The number of nitrogens with zero attached hydrogens (tertiary/aromatic N) is 2. The van der Waals surface area contributed by atoms with E-state index in [2.05, 4.69) is 20.3 Å². The molecule has 2 heterocycles. The quantitative estimate of drug-likeness (QED) is 0.476. The van der Waals surface area contributed by atoms with E-state index in [4.69, 9.17) is 16.3 Å². The molecule has 190 valence electrons. The second-order valence-electron chi connectivity index (χ2n) is 7.56. The second-order valence-corrected chi connectivity index (χ2v) is 7.96. The Kier molecular flexibility index (Phi) is 8.04. The van der Waals surface area contributed by atoms with Crippen molar-refractivity contribution >= 4 is 29.5 Å². The van der Waals surface area contributed by atoms with Gasteiger partial charge < -0.3 is 25.0 Å². The SMILES string of the molecule is O=C(COc1ccc(Cl)c(F)c1)N[C@H]1CC[C@H](C(=O)NCc2cc(C(F)(F)F)on2)N(C(=O)O)C1. The van der Waals surface area contributed by atoms with Crippen molar-refractivity contribution < 1.29 is 46.3 Å². The van der Waals surface area contributed by atoms with Crippen molar-refractivity contribution in [2.75, 3.05) is 13.2 Å². The van der Waals surface area contributed by atoms with Crippen LogP contribution >= 0.6 is 11.6 Å². The summed E-state index contributed by atoms with van der Waals surface area (Å²) < 4.78 is 60.5. The molecular weight excluding hydrogens is 504 g/mol. The summed E-state index contributed by atoms with van der Waals surface area (Å²) in [6, 6.07) is 2.52. The number of carbonyl (C=O) groups is 3. The molecule has 15 heteroatoms. The Hall–Kier alpha value is -3.55. The number of nitrogens with one attached hydrogen (secondary N) is 2. The zero-order valence-electron chi connectivity index (χ0n) is 17.8. The fourth-order valence-electron chi connectivity index (χ4n) is 3.38. The summed E-state index contributed by atoms with van der Waals surface area (Å²) in [5.41, 5.74) is -0.186. The minimum atomic E-state index is -4.73. The molecular formula is C20H19ClF4N4O6. The van der Waals surface area contributed by atoms with Gasteiger partial charge in [-0.25, -0.2) is 9.18 Å². The van der Waals surface area contributed by atoms with Crippen LogP contribution in [0, 0.1) is 5.82 Å². The third-order valence-electron chi connectivity index (χ3n) is 5.04. The molecule has 10 nitrogen and oxygen atoms in total. The molecule has 1 aromatic heterocycles. The number of amides is 3. The number of piperidine rings is 1. The molecule has 0 bridgehead atoms. The lowest BCUT2D eigenvalue weighted by molar-refractivity contribution is -0.155. The summed E-state index contributed by atoms with van der Waals surface area (Å²) in [4.78, 5) is 37.1. The van der Waals surface area contributed by atoms with Crippen LogP contribution in [0.15, 0.2) is 28.8 Å². The fraction of sp³-hybridized carbons (Fsp3) is 0.400. The third kappa shape index (κ3) is 6.97. The summed E-state index contributed by atoms with van der Waals surface area (Å²) in [5, 5.41) is 17.5. The monoisotopic (exact) mass is 522 g/mol. The summed E-state index contributed by atoms with van der Waals surface area (Å²) in [6.07, 6.45) is -5.86. The molecule has 3 amide bonds. The highest BCUT2D eigenvalue weighted by Gasteiger charge is 2.38. The highest BCUT2D eigenvalue weighted by Crippen LogP contribution is 2.29. The lowest BCUT2D eigenvalue weighted by Gasteiger charge is -2.37. The summed E-state index contributed by atoms with van der Waals surface area (Å²) in [6.45, 7) is -1.08. The topological polar surface area (TPSA) is 134 Å². The first-order valence-corrected chi connectivity index (χ1v) is 10.5. The molecule has 2 atom stereocenters. The molecule has 0 saturated carbocycles. The van der Waals surface area contributed by atoms with E-state index in [1.807, 2.05) is 0 Å². The van der Waals surface area contributed by atoms with Crippen molar-refractivity contribution in [3.8, 4) is 5.75 Å². The maximum atomic E-state index is 13.4. The van der Waals surface area contributed by atoms with Crippen molar-refractivity contribution in [2.45, 2.75) is 37.6 Å². The van der Waals surface area contributed by atoms with Crippen LogP contribution in [-0.2, 0) is 22.3 Å². The van der Waals surface area contributed by atoms with Gasteiger partial charge in [-0.15, -0.1) is 0 Å². The second kappa shape index (κ2) is 10.8. The normalized spacial score (nSPS) is 18.1. The van der Waals surface area contributed by atoms with Crippen molar-refractivity contribution in [2.24, 2.45) is 0 Å². The first-order chi connectivity index (χ1) is 16.4. The Labute approximate surface area is 200 Å². The van der Waals surface area contributed by atoms with Gasteiger partial charge in [0, 0.05) is 24.7 Å². The van der Waals surface area contributed by atoms with Gasteiger partial charge >= 0.3 is 12.3 Å². The van der Waals surface area contributed by atoms with Crippen molar-refractivity contribution in [3.63, 3.8) is 0 Å². The van der Waals surface area contributed by atoms with Crippen LogP contribution in [0.1, 0.15) is 24.3 Å². The molecule has 1 fully saturated rings. The number of alkyl halides is 3. The Morgan fingerprint density at radius 3 is 2.63 bits per heavy atom. The van der Waals surface area contributed by atoms with Crippen molar-refractivity contribution in [1.29, 1.82) is 0 Å². The predicted octanol–water partition coefficient (Wildman–Crippen LogP) is 2.81. The third-order valence-corrected chi connectivity index (χ3v) is 5.34. The maximum Gasteiger partial charge on any atom is 0.452 e. The molecule has 0 aliphatic carbocycles. The van der Waals surface area contributed by atoms with Crippen LogP contribution in [0.3, 0.4) is 0 Å². The number of aromatic nitrogens is 1. The van der Waals surface area contributed by atoms with E-state index < -0.39 is 60.9 Å². The number of carboxylic acid groups (broad SMARTS) is 1. The van der Waals surface area contributed by atoms with E-state index >= 15 is 0 Å². The van der Waals surface area contributed by atoms with Gasteiger partial charge in [0.25, 0.3) is 5.91 Å². The van der Waals surface area contributed by atoms with Crippen LogP contribution in [0.25, 0.3) is 0 Å². The highest BCUT2D eigenvalue weighted by atomic mass is 35.5. The maximum absolute atomic E-state index is 13.4. The molecule has 1 aliphatic heterocycles. The number of rotatable bonds is 7. The number of likely N-dealkylation sites (tertiary alicyclic amines) is 1. The molecule has 3 rings (SSSR count). The average Bonchev–Trinajstić information content (AvgIpc) is 3.28. The Morgan fingerprint density at radius 1 is 1.26 bits per heavy atom. The van der Waals surface area contributed by atoms with E-state index in [0.717, 1.165) is 11.0 Å². The lowest BCUT2D eigenvalue weighted by atomic mass is 9.98. The van der Waals surface area contributed by atoms with Crippen LogP contribution in [-0.4, -0.2) is 58.3 Å². The van der Waals surface area contributed by atoms with Crippen LogP contribution in [0.2, 0.25) is 5.02 Å². The molecule has 35 heavy (non-hydrogen) atoms. The number of ether oxygens (including phenoxy) is 1. The van der Waals surface area contributed by atoms with Gasteiger partial charge in [0.15, 0.2) is 6.61 Å². The Bertz CT molecular complexity index is 1100. The zero-order chi connectivity index (χ0) is 25.8. The van der Waals surface area contributed by atoms with Crippen molar-refractivity contribution in [1.82, 2.24) is 20.7 Å². The molecule has 0 radical (unpaired) electrons. The van der Waals surface area contributed by atoms with Crippen LogP contribution in [0.5, 0.6) is 5.75 Å². The van der Waals surface area contributed by atoms with Gasteiger partial charge in [-0.05, 0) is 25.0 Å². The molecule has 3 N–H and O–H groups in total. The minimum Gasteiger partial charge on any atom is -0.484 e. The number of halogens is 5. The van der Waals surface area contributed by atoms with Crippen LogP contribution < -0.4 is 15.4 Å². The summed E-state index contributed by atoms with van der Waals surface area (Å²) in [5.74, 6) is -3.30. The first-order valence-electron chi connectivity index (χ1n) is 10.1. The number of benzene rings is 1. The highest BCUT2D eigenvalue weighted by molar-refractivity contribution is 6.30. The smallest absolute Gasteiger partial charge is 0.452 e. The lowest BCUT2D eigenvalue weighted by Crippen LogP contribution is -2.58. The first kappa shape index (κ1) is 26.1. The largest absolute Gasteiger partial charge is 0.484 e. The van der Waals surface area contributed by atoms with Gasteiger partial charge in [-0.2, -0.15) is 13.2 Å². The average molecular weight is 523 g/mol. The van der Waals surface area contributed by atoms with E-state index in [0.29, 0.717) is 6.07 Å². The molecule has 2 aromatic rings. The Balaban J connectivity index is 1.50. The molecule has 1 aromatic carbocycles. The summed E-state index contributed by atoms with van der Waals surface area (Å²) in [7, 11) is 0. The van der Waals surface area contributed by atoms with E-state index in [1.54, 1.807) is 0 Å². The molecule has 0 spiro atoms. The molecule has 1 saturated heterocycles. The van der Waals surface area contributed by atoms with Gasteiger partial charge in [0.05, 0.1) is 11.6 Å². The van der Waals surface area contributed by atoms with E-state index in [-0.39, 0.29) is 35.9 Å². The standard InChI is InChI=1S/C20H19ClF4N4O6/c21-13-3-2-12(6-14(13)22)34-9-17(30)27-10-1-4-15(29(8-10)19(32)33)18(31)26-7-11-5-16(35-28-11)20(23,24)25/h2-3,5-6,10,15H,1,4,7-9H2,(H,26,31)(H,27,30)(H,32,33)/t10-,15+/m0/s1. The zero-order valence-corrected chi connectivity index (χ0v) is 18.5. The minimum absolute atomic E-state index is 0.0406. The van der Waals surface area contributed by atoms with Gasteiger partial charge in [-0.3, -0.25) is 14.5 Å². The van der Waals surface area contributed by atoms with Gasteiger partial charge in [0.2, 0.25) is 11.7 Å². The van der Waals surface area contributed by atoms with E-state index in [1.165, 1.54) is 12.1 Å².